The third-order valence-electron chi connectivity index (χ3n) is 4.29. The summed E-state index contributed by atoms with van der Waals surface area (Å²) >= 11 is 0. The highest BCUT2D eigenvalue weighted by atomic mass is 16.5. The molecule has 1 aromatic carbocycles. The molecule has 0 saturated carbocycles. The molecule has 1 N–H and O–H groups in total. The van der Waals surface area contributed by atoms with Crippen LogP contribution >= 0.6 is 0 Å². The van der Waals surface area contributed by atoms with Gasteiger partial charge in [-0.3, -0.25) is 4.79 Å². The summed E-state index contributed by atoms with van der Waals surface area (Å²) in [5.41, 5.74) is 2.86. The van der Waals surface area contributed by atoms with Gasteiger partial charge in [-0.25, -0.2) is 4.79 Å². The minimum absolute atomic E-state index is 0.173. The van der Waals surface area contributed by atoms with E-state index < -0.39 is 24.0 Å². The molecule has 0 aliphatic heterocycles. The number of nitrogens with one attached hydrogen (secondary N) is 1. The van der Waals surface area contributed by atoms with Gasteiger partial charge in [0.1, 0.15) is 17.4 Å². The molecule has 0 unspecified atom stereocenters. The van der Waals surface area contributed by atoms with Gasteiger partial charge in [-0.15, -0.1) is 0 Å². The number of esters is 1. The molecule has 0 saturated heterocycles. The molecular weight excluding hydrogens is 382 g/mol. The predicted octanol–water partition coefficient (Wildman–Crippen LogP) is 3.47. The van der Waals surface area contributed by atoms with E-state index in [2.05, 4.69) is 5.32 Å². The maximum absolute atomic E-state index is 12.3. The first-order valence-corrected chi connectivity index (χ1v) is 9.49. The van der Waals surface area contributed by atoms with E-state index in [1.54, 1.807) is 7.11 Å². The van der Waals surface area contributed by atoms with E-state index in [1.165, 1.54) is 6.08 Å². The molecule has 1 amide bonds. The van der Waals surface area contributed by atoms with Crippen LogP contribution in [0.15, 0.2) is 35.9 Å². The second kappa shape index (κ2) is 9.31. The maximum Gasteiger partial charge on any atom is 0.349 e. The molecule has 0 atom stereocenters. The zero-order chi connectivity index (χ0) is 22.5. The lowest BCUT2D eigenvalue weighted by atomic mass is 10.1. The van der Waals surface area contributed by atoms with Crippen LogP contribution in [-0.4, -0.2) is 35.7 Å². The van der Waals surface area contributed by atoms with Gasteiger partial charge >= 0.3 is 5.97 Å². The number of rotatable bonds is 6. The standard InChI is InChI=1S/C23H27N3O4/c1-15-11-17(16(2)26(15)19-7-9-20(29-6)10-8-19)12-18(13-24)22(28)30-14-21(27)25-23(3,4)5/h7-12H,14H2,1-6H3,(H,25,27)/b18-12+. The molecule has 0 fully saturated rings. The maximum atomic E-state index is 12.3. The van der Waals surface area contributed by atoms with Crippen LogP contribution < -0.4 is 10.1 Å². The number of nitriles is 1. The minimum atomic E-state index is -0.837. The molecular formula is C23H27N3O4. The van der Waals surface area contributed by atoms with Crippen LogP contribution in [0.2, 0.25) is 0 Å². The summed E-state index contributed by atoms with van der Waals surface area (Å²) in [6, 6.07) is 11.3. The fourth-order valence-electron chi connectivity index (χ4n) is 3.02. The predicted molar refractivity (Wildman–Crippen MR) is 114 cm³/mol. The van der Waals surface area contributed by atoms with Gasteiger partial charge in [0.2, 0.25) is 0 Å². The number of aromatic nitrogens is 1. The smallest absolute Gasteiger partial charge is 0.349 e. The Morgan fingerprint density at radius 2 is 1.83 bits per heavy atom. The molecule has 7 nitrogen and oxygen atoms in total. The highest BCUT2D eigenvalue weighted by Crippen LogP contribution is 2.24. The van der Waals surface area contributed by atoms with Gasteiger partial charge in [0.15, 0.2) is 6.61 Å². The fourth-order valence-corrected chi connectivity index (χ4v) is 3.02. The van der Waals surface area contributed by atoms with E-state index in [1.807, 2.05) is 75.6 Å². The highest BCUT2D eigenvalue weighted by Gasteiger charge is 2.18. The van der Waals surface area contributed by atoms with Crippen molar-refractivity contribution < 1.29 is 19.1 Å². The fraction of sp³-hybridized carbons (Fsp3) is 0.348. The topological polar surface area (TPSA) is 93.3 Å². The summed E-state index contributed by atoms with van der Waals surface area (Å²) in [5.74, 6) is -0.507. The minimum Gasteiger partial charge on any atom is -0.497 e. The first kappa shape index (κ1) is 22.8. The van der Waals surface area contributed by atoms with Crippen molar-refractivity contribution in [2.75, 3.05) is 13.7 Å². The van der Waals surface area contributed by atoms with Crippen molar-refractivity contribution in [3.63, 3.8) is 0 Å². The first-order valence-electron chi connectivity index (χ1n) is 9.49. The lowest BCUT2D eigenvalue weighted by molar-refractivity contribution is -0.144. The Bertz CT molecular complexity index is 1000. The van der Waals surface area contributed by atoms with Crippen LogP contribution in [0.1, 0.15) is 37.7 Å². The largest absolute Gasteiger partial charge is 0.497 e. The second-order valence-electron chi connectivity index (χ2n) is 7.90. The Labute approximate surface area is 176 Å². The molecule has 0 bridgehead atoms. The Balaban J connectivity index is 2.22. The van der Waals surface area contributed by atoms with Gasteiger partial charge in [0.05, 0.1) is 7.11 Å². The quantitative estimate of drug-likeness (QED) is 0.448. The summed E-state index contributed by atoms with van der Waals surface area (Å²) in [7, 11) is 1.61. The number of methoxy groups -OCH3 is 1. The number of benzene rings is 1. The number of ether oxygens (including phenoxy) is 2. The van der Waals surface area contributed by atoms with Gasteiger partial charge < -0.3 is 19.4 Å². The van der Waals surface area contributed by atoms with E-state index in [-0.39, 0.29) is 5.57 Å². The van der Waals surface area contributed by atoms with Gasteiger partial charge in [-0.1, -0.05) is 0 Å². The number of hydrogen-bond donors (Lipinski definition) is 1. The molecule has 1 aromatic heterocycles. The van der Waals surface area contributed by atoms with Crippen LogP contribution in [0.3, 0.4) is 0 Å². The van der Waals surface area contributed by atoms with Crippen molar-refractivity contribution in [3.8, 4) is 17.5 Å². The number of nitrogens with zero attached hydrogens (tertiary/aromatic N) is 2. The number of amides is 1. The van der Waals surface area contributed by atoms with Crippen molar-refractivity contribution in [1.29, 1.82) is 5.26 Å². The average Bonchev–Trinajstić information content (AvgIpc) is 2.96. The molecule has 7 heteroatoms. The van der Waals surface area contributed by atoms with Crippen molar-refractivity contribution in [1.82, 2.24) is 9.88 Å². The lowest BCUT2D eigenvalue weighted by Crippen LogP contribution is -2.42. The van der Waals surface area contributed by atoms with E-state index in [9.17, 15) is 14.9 Å². The summed E-state index contributed by atoms with van der Waals surface area (Å²) < 4.78 is 12.2. The lowest BCUT2D eigenvalue weighted by Gasteiger charge is -2.20. The Morgan fingerprint density at radius 1 is 1.20 bits per heavy atom. The number of aryl methyl sites for hydroxylation is 1. The summed E-state index contributed by atoms with van der Waals surface area (Å²) in [5, 5.41) is 12.1. The van der Waals surface area contributed by atoms with E-state index in [0.717, 1.165) is 28.4 Å². The zero-order valence-electron chi connectivity index (χ0n) is 18.2. The van der Waals surface area contributed by atoms with Crippen LogP contribution in [0.4, 0.5) is 0 Å². The number of hydrogen-bond acceptors (Lipinski definition) is 5. The van der Waals surface area contributed by atoms with Crippen LogP contribution in [0.25, 0.3) is 11.8 Å². The summed E-state index contributed by atoms with van der Waals surface area (Å²) in [4.78, 5) is 24.1. The molecule has 0 aliphatic rings. The molecule has 2 aromatic rings. The average molecular weight is 409 g/mol. The van der Waals surface area contributed by atoms with Crippen molar-refractivity contribution in [3.05, 3.63) is 52.9 Å². The van der Waals surface area contributed by atoms with Gasteiger partial charge in [0.25, 0.3) is 5.91 Å². The van der Waals surface area contributed by atoms with E-state index in [0.29, 0.717) is 0 Å². The summed E-state index contributed by atoms with van der Waals surface area (Å²) in [6.07, 6.45) is 1.48. The molecule has 0 aliphatic carbocycles. The molecule has 1 heterocycles. The van der Waals surface area contributed by atoms with E-state index in [4.69, 9.17) is 9.47 Å². The first-order chi connectivity index (χ1) is 14.1. The van der Waals surface area contributed by atoms with Gasteiger partial charge in [-0.2, -0.15) is 5.26 Å². The van der Waals surface area contributed by atoms with Crippen molar-refractivity contribution in [2.45, 2.75) is 40.2 Å². The summed E-state index contributed by atoms with van der Waals surface area (Å²) in [6.45, 7) is 8.87. The molecule has 0 radical (unpaired) electrons. The Hall–Kier alpha value is -3.53. The van der Waals surface area contributed by atoms with Crippen LogP contribution in [0, 0.1) is 25.2 Å². The van der Waals surface area contributed by atoms with Crippen molar-refractivity contribution in [2.24, 2.45) is 0 Å². The Kier molecular flexibility index (Phi) is 7.06. The normalized spacial score (nSPS) is 11.6. The van der Waals surface area contributed by atoms with Crippen molar-refractivity contribution >= 4 is 18.0 Å². The number of carbonyl (C=O) groups excluding carboxylic acids is 2. The SMILES string of the molecule is COc1ccc(-n2c(C)cc(/C=C(\C#N)C(=O)OCC(=O)NC(C)(C)C)c2C)cc1. The molecule has 30 heavy (non-hydrogen) atoms. The van der Waals surface area contributed by atoms with Gasteiger partial charge in [-0.05, 0) is 76.6 Å². The Morgan fingerprint density at radius 3 is 2.37 bits per heavy atom. The molecule has 158 valence electrons. The highest BCUT2D eigenvalue weighted by molar-refractivity contribution is 5.99. The third kappa shape index (κ3) is 5.74. The van der Waals surface area contributed by atoms with Crippen LogP contribution in [0.5, 0.6) is 5.75 Å². The van der Waals surface area contributed by atoms with Crippen LogP contribution in [-0.2, 0) is 14.3 Å². The third-order valence-corrected chi connectivity index (χ3v) is 4.29. The molecule has 2 rings (SSSR count). The monoisotopic (exact) mass is 409 g/mol. The van der Waals surface area contributed by atoms with Gasteiger partial charge in [0, 0.05) is 22.6 Å². The molecule has 0 spiro atoms. The van der Waals surface area contributed by atoms with E-state index >= 15 is 0 Å². The second-order valence-corrected chi connectivity index (χ2v) is 7.90. The number of carbonyl (C=O) groups is 2. The zero-order valence-corrected chi connectivity index (χ0v) is 18.2.